The van der Waals surface area contributed by atoms with Crippen LogP contribution in [0.5, 0.6) is 5.75 Å². The summed E-state index contributed by atoms with van der Waals surface area (Å²) in [6, 6.07) is 16.5. The van der Waals surface area contributed by atoms with Gasteiger partial charge in [-0.1, -0.05) is 36.4 Å². The van der Waals surface area contributed by atoms with Gasteiger partial charge in [0, 0.05) is 26.2 Å². The van der Waals surface area contributed by atoms with E-state index in [1.807, 2.05) is 36.4 Å². The van der Waals surface area contributed by atoms with Crippen LogP contribution >= 0.6 is 0 Å². The molecule has 168 valence electrons. The number of benzene rings is 2. The first kappa shape index (κ1) is 21.0. The predicted octanol–water partition coefficient (Wildman–Crippen LogP) is 3.48. The molecule has 2 fully saturated rings. The number of hydrogen-bond donors (Lipinski definition) is 0. The van der Waals surface area contributed by atoms with Crippen LogP contribution in [-0.2, 0) is 24.2 Å². The van der Waals surface area contributed by atoms with E-state index >= 15 is 0 Å². The number of carbonyl (C=O) groups is 2. The minimum Gasteiger partial charge on any atom is -0.497 e. The first-order valence-corrected chi connectivity index (χ1v) is 11.6. The molecule has 2 aliphatic heterocycles. The van der Waals surface area contributed by atoms with Gasteiger partial charge in [0.2, 0.25) is 0 Å². The van der Waals surface area contributed by atoms with Crippen molar-refractivity contribution in [3.05, 3.63) is 65.2 Å². The summed E-state index contributed by atoms with van der Waals surface area (Å²) < 4.78 is 5.42. The lowest BCUT2D eigenvalue weighted by molar-refractivity contribution is -0.136. The lowest BCUT2D eigenvalue weighted by Crippen LogP contribution is -2.57. The first-order chi connectivity index (χ1) is 15.5. The van der Waals surface area contributed by atoms with Gasteiger partial charge in [-0.05, 0) is 60.9 Å². The summed E-state index contributed by atoms with van der Waals surface area (Å²) in [6.45, 7) is 2.02. The second-order valence-corrected chi connectivity index (χ2v) is 9.32. The van der Waals surface area contributed by atoms with Crippen LogP contribution in [0.1, 0.15) is 36.0 Å². The van der Waals surface area contributed by atoms with Gasteiger partial charge in [0.1, 0.15) is 11.3 Å². The van der Waals surface area contributed by atoms with E-state index in [1.54, 1.807) is 19.1 Å². The Bertz CT molecular complexity index is 1010. The summed E-state index contributed by atoms with van der Waals surface area (Å²) in [5.74, 6) is 0.879. The van der Waals surface area contributed by atoms with E-state index in [1.165, 1.54) is 16.0 Å². The number of ether oxygens (including phenoxy) is 1. The average Bonchev–Trinajstić information content (AvgIpc) is 3.00. The fraction of sp³-hybridized carbons (Fsp3) is 0.462. The summed E-state index contributed by atoms with van der Waals surface area (Å²) in [6.07, 6.45) is 4.62. The van der Waals surface area contributed by atoms with Crippen molar-refractivity contribution in [1.82, 2.24) is 14.7 Å². The molecule has 0 N–H and O–H groups in total. The molecule has 2 aromatic rings. The number of likely N-dealkylation sites (N-methyl/N-ethyl adjacent to an activating group) is 1. The van der Waals surface area contributed by atoms with E-state index in [-0.39, 0.29) is 11.9 Å². The van der Waals surface area contributed by atoms with Crippen LogP contribution in [0.15, 0.2) is 48.5 Å². The summed E-state index contributed by atoms with van der Waals surface area (Å²) in [7, 11) is 3.51. The van der Waals surface area contributed by atoms with Crippen LogP contribution in [0.2, 0.25) is 0 Å². The normalized spacial score (nSPS) is 23.0. The molecule has 0 aromatic heterocycles. The Morgan fingerprint density at radius 2 is 1.78 bits per heavy atom. The van der Waals surface area contributed by atoms with Gasteiger partial charge >= 0.3 is 6.03 Å². The third-order valence-electron chi connectivity index (χ3n) is 7.74. The van der Waals surface area contributed by atoms with Gasteiger partial charge in [0.25, 0.3) is 5.91 Å². The van der Waals surface area contributed by atoms with Crippen LogP contribution < -0.4 is 4.74 Å². The Hall–Kier alpha value is -2.86. The van der Waals surface area contributed by atoms with Gasteiger partial charge in [0.15, 0.2) is 0 Å². The minimum absolute atomic E-state index is 0.0350. The number of nitrogens with zero attached hydrogens (tertiary/aromatic N) is 3. The fourth-order valence-corrected chi connectivity index (χ4v) is 5.71. The van der Waals surface area contributed by atoms with Crippen LogP contribution in [-0.4, -0.2) is 65.5 Å². The van der Waals surface area contributed by atoms with E-state index in [2.05, 4.69) is 17.0 Å². The van der Waals surface area contributed by atoms with E-state index in [4.69, 9.17) is 4.74 Å². The molecule has 3 amide bonds. The second-order valence-electron chi connectivity index (χ2n) is 9.32. The van der Waals surface area contributed by atoms with Crippen molar-refractivity contribution in [2.24, 2.45) is 0 Å². The van der Waals surface area contributed by atoms with Gasteiger partial charge in [-0.3, -0.25) is 14.6 Å². The molecule has 0 saturated carbocycles. The second kappa shape index (κ2) is 8.24. The zero-order valence-electron chi connectivity index (χ0n) is 18.9. The summed E-state index contributed by atoms with van der Waals surface area (Å²) >= 11 is 0. The van der Waals surface area contributed by atoms with Gasteiger partial charge in [-0.15, -0.1) is 0 Å². The average molecular weight is 434 g/mol. The molecular formula is C26H31N3O3. The number of fused-ring (bicyclic) bond motifs is 1. The molecule has 6 nitrogen and oxygen atoms in total. The number of methoxy groups -OCH3 is 1. The highest BCUT2D eigenvalue weighted by Gasteiger charge is 2.56. The maximum atomic E-state index is 13.5. The van der Waals surface area contributed by atoms with Gasteiger partial charge in [-0.2, -0.15) is 0 Å². The van der Waals surface area contributed by atoms with Crippen molar-refractivity contribution in [1.29, 1.82) is 0 Å². The van der Waals surface area contributed by atoms with Crippen molar-refractivity contribution >= 4 is 11.9 Å². The smallest absolute Gasteiger partial charge is 0.327 e. The molecule has 1 aliphatic carbocycles. The number of imide groups is 1. The molecule has 5 rings (SSSR count). The summed E-state index contributed by atoms with van der Waals surface area (Å²) in [4.78, 5) is 32.1. The maximum Gasteiger partial charge on any atom is 0.327 e. The lowest BCUT2D eigenvalue weighted by atomic mass is 9.82. The van der Waals surface area contributed by atoms with Gasteiger partial charge in [-0.25, -0.2) is 4.79 Å². The zero-order chi connectivity index (χ0) is 22.3. The van der Waals surface area contributed by atoms with Crippen LogP contribution in [0.25, 0.3) is 0 Å². The Morgan fingerprint density at radius 3 is 2.50 bits per heavy atom. The third-order valence-corrected chi connectivity index (χ3v) is 7.74. The Kier molecular flexibility index (Phi) is 5.41. The van der Waals surface area contributed by atoms with Crippen molar-refractivity contribution in [3.63, 3.8) is 0 Å². The quantitative estimate of drug-likeness (QED) is 0.693. The lowest BCUT2D eigenvalue weighted by Gasteiger charge is -2.44. The van der Waals surface area contributed by atoms with Crippen LogP contribution in [0, 0.1) is 0 Å². The maximum absolute atomic E-state index is 13.5. The molecule has 1 spiro atoms. The van der Waals surface area contributed by atoms with E-state index < -0.39 is 5.54 Å². The van der Waals surface area contributed by atoms with Crippen LogP contribution in [0.3, 0.4) is 0 Å². The number of carbonyl (C=O) groups excluding carboxylic acids is 2. The Morgan fingerprint density at radius 1 is 1.03 bits per heavy atom. The number of amides is 3. The predicted molar refractivity (Wildman–Crippen MR) is 122 cm³/mol. The highest BCUT2D eigenvalue weighted by molar-refractivity contribution is 6.06. The topological polar surface area (TPSA) is 53.1 Å². The van der Waals surface area contributed by atoms with Gasteiger partial charge < -0.3 is 9.64 Å². The molecule has 0 radical (unpaired) electrons. The highest BCUT2D eigenvalue weighted by Crippen LogP contribution is 2.38. The molecule has 32 heavy (non-hydrogen) atoms. The zero-order valence-corrected chi connectivity index (χ0v) is 18.9. The van der Waals surface area contributed by atoms with E-state index in [0.29, 0.717) is 25.4 Å². The first-order valence-electron chi connectivity index (χ1n) is 11.6. The summed E-state index contributed by atoms with van der Waals surface area (Å²) in [5, 5.41) is 0. The molecular weight excluding hydrogens is 402 g/mol. The SMILES string of the molecule is COc1ccc2c(c1)CC(N1CCC3(CC1)C(=O)N(Cc1ccccc1)C(=O)N3C)CC2. The third kappa shape index (κ3) is 3.47. The molecule has 1 unspecified atom stereocenters. The number of likely N-dealkylation sites (tertiary alicyclic amines) is 1. The molecule has 2 aromatic carbocycles. The number of rotatable bonds is 4. The molecule has 6 heteroatoms. The summed E-state index contributed by atoms with van der Waals surface area (Å²) in [5.41, 5.74) is 3.08. The number of urea groups is 1. The molecule has 0 bridgehead atoms. The van der Waals surface area contributed by atoms with E-state index in [0.717, 1.165) is 43.7 Å². The standard InChI is InChI=1S/C26H31N3O3/c1-27-25(31)29(18-19-6-4-3-5-7-19)24(30)26(27)12-14-28(15-13-26)22-10-8-20-9-11-23(32-2)17-21(20)16-22/h3-7,9,11,17,22H,8,10,12-16,18H2,1-2H3. The van der Waals surface area contributed by atoms with Crippen LogP contribution in [0.4, 0.5) is 4.79 Å². The molecule has 2 saturated heterocycles. The van der Waals surface area contributed by atoms with Crippen molar-refractivity contribution in [2.75, 3.05) is 27.2 Å². The Labute approximate surface area is 189 Å². The molecule has 2 heterocycles. The fourth-order valence-electron chi connectivity index (χ4n) is 5.71. The number of piperidine rings is 1. The van der Waals surface area contributed by atoms with Crippen molar-refractivity contribution < 1.29 is 14.3 Å². The van der Waals surface area contributed by atoms with Crippen molar-refractivity contribution in [3.8, 4) is 5.75 Å². The largest absolute Gasteiger partial charge is 0.497 e. The highest BCUT2D eigenvalue weighted by atomic mass is 16.5. The minimum atomic E-state index is -0.696. The Balaban J connectivity index is 1.27. The van der Waals surface area contributed by atoms with Crippen molar-refractivity contribution in [2.45, 2.75) is 50.2 Å². The molecule has 3 aliphatic rings. The van der Waals surface area contributed by atoms with Gasteiger partial charge in [0.05, 0.1) is 13.7 Å². The number of hydrogen-bond acceptors (Lipinski definition) is 4. The monoisotopic (exact) mass is 433 g/mol. The van der Waals surface area contributed by atoms with E-state index in [9.17, 15) is 9.59 Å². The molecule has 1 atom stereocenters. The number of aryl methyl sites for hydroxylation is 1.